The summed E-state index contributed by atoms with van der Waals surface area (Å²) in [5.74, 6) is -0.0572. The normalized spacial score (nSPS) is 21.9. The summed E-state index contributed by atoms with van der Waals surface area (Å²) in [7, 11) is 0. The standard InChI is InChI=1S/C21H33N3O3/c25-21(27-15-7-5-10-19-8-2-1-3-9-19)20-11-4-6-12-23(20)18-22-24-13-16-26-17-14-24/h1-3,8-9,20,22H,4-7,10-18H2/t20-/m0/s1. The molecule has 2 heterocycles. The van der Waals surface area contributed by atoms with Crippen LogP contribution in [-0.4, -0.2) is 68.0 Å². The van der Waals surface area contributed by atoms with Crippen molar-refractivity contribution in [2.24, 2.45) is 0 Å². The molecule has 1 aromatic carbocycles. The van der Waals surface area contributed by atoms with E-state index in [1.807, 2.05) is 6.07 Å². The smallest absolute Gasteiger partial charge is 0.323 e. The Bertz CT molecular complexity index is 549. The Kier molecular flexibility index (Phi) is 8.55. The number of aryl methyl sites for hydroxylation is 1. The third-order valence-electron chi connectivity index (χ3n) is 5.34. The Morgan fingerprint density at radius 3 is 2.74 bits per heavy atom. The van der Waals surface area contributed by atoms with Gasteiger partial charge in [-0.15, -0.1) is 0 Å². The molecule has 2 aliphatic heterocycles. The second-order valence-corrected chi connectivity index (χ2v) is 7.35. The van der Waals surface area contributed by atoms with E-state index in [2.05, 4.69) is 39.6 Å². The average Bonchev–Trinajstić information content (AvgIpc) is 2.73. The predicted molar refractivity (Wildman–Crippen MR) is 105 cm³/mol. The molecule has 2 fully saturated rings. The van der Waals surface area contributed by atoms with E-state index in [9.17, 15) is 4.79 Å². The molecule has 0 amide bonds. The van der Waals surface area contributed by atoms with Gasteiger partial charge >= 0.3 is 5.97 Å². The number of benzene rings is 1. The van der Waals surface area contributed by atoms with Gasteiger partial charge in [0.05, 0.1) is 26.5 Å². The zero-order chi connectivity index (χ0) is 18.7. The van der Waals surface area contributed by atoms with E-state index in [4.69, 9.17) is 9.47 Å². The number of nitrogens with one attached hydrogen (secondary N) is 1. The number of unbranched alkanes of at least 4 members (excludes halogenated alkanes) is 1. The van der Waals surface area contributed by atoms with E-state index in [1.165, 1.54) is 5.56 Å². The summed E-state index contributed by atoms with van der Waals surface area (Å²) < 4.78 is 11.0. The fourth-order valence-electron chi connectivity index (χ4n) is 3.70. The van der Waals surface area contributed by atoms with Gasteiger partial charge in [0.15, 0.2) is 0 Å². The molecule has 0 aromatic heterocycles. The average molecular weight is 376 g/mol. The maximum absolute atomic E-state index is 12.6. The molecule has 1 atom stereocenters. The third-order valence-corrected chi connectivity index (χ3v) is 5.34. The second-order valence-electron chi connectivity index (χ2n) is 7.35. The van der Waals surface area contributed by atoms with Gasteiger partial charge in [-0.1, -0.05) is 36.8 Å². The third kappa shape index (κ3) is 6.88. The van der Waals surface area contributed by atoms with E-state index in [1.54, 1.807) is 0 Å². The van der Waals surface area contributed by atoms with Crippen LogP contribution < -0.4 is 5.43 Å². The molecule has 0 spiro atoms. The molecule has 1 N–H and O–H groups in total. The number of hydrogen-bond acceptors (Lipinski definition) is 6. The van der Waals surface area contributed by atoms with Gasteiger partial charge in [0, 0.05) is 19.6 Å². The van der Waals surface area contributed by atoms with Gasteiger partial charge < -0.3 is 9.47 Å². The highest BCUT2D eigenvalue weighted by atomic mass is 16.5. The van der Waals surface area contributed by atoms with Gasteiger partial charge in [-0.2, -0.15) is 0 Å². The molecule has 0 unspecified atom stereocenters. The van der Waals surface area contributed by atoms with Crippen LogP contribution >= 0.6 is 0 Å². The number of nitrogens with zero attached hydrogens (tertiary/aromatic N) is 2. The van der Waals surface area contributed by atoms with Crippen LogP contribution in [0.15, 0.2) is 30.3 Å². The van der Waals surface area contributed by atoms with Crippen molar-refractivity contribution in [2.45, 2.75) is 44.6 Å². The molecule has 0 aliphatic carbocycles. The van der Waals surface area contributed by atoms with Crippen LogP contribution in [0.5, 0.6) is 0 Å². The number of piperidine rings is 1. The lowest BCUT2D eigenvalue weighted by Crippen LogP contribution is -2.54. The fourth-order valence-corrected chi connectivity index (χ4v) is 3.70. The summed E-state index contributed by atoms with van der Waals surface area (Å²) in [6.45, 7) is 5.49. The Morgan fingerprint density at radius 2 is 1.93 bits per heavy atom. The van der Waals surface area contributed by atoms with E-state index in [0.717, 1.165) is 71.4 Å². The number of esters is 1. The first-order valence-corrected chi connectivity index (χ1v) is 10.3. The minimum atomic E-state index is -0.110. The van der Waals surface area contributed by atoms with E-state index in [0.29, 0.717) is 13.3 Å². The lowest BCUT2D eigenvalue weighted by molar-refractivity contribution is -0.152. The quantitative estimate of drug-likeness (QED) is 0.528. The Balaban J connectivity index is 1.34. The largest absolute Gasteiger partial charge is 0.465 e. The number of carbonyl (C=O) groups excluding carboxylic acids is 1. The van der Waals surface area contributed by atoms with Crippen molar-refractivity contribution in [2.75, 3.05) is 46.1 Å². The van der Waals surface area contributed by atoms with Crippen molar-refractivity contribution < 1.29 is 14.3 Å². The van der Waals surface area contributed by atoms with Crippen LogP contribution in [0.3, 0.4) is 0 Å². The highest BCUT2D eigenvalue weighted by Crippen LogP contribution is 2.18. The monoisotopic (exact) mass is 375 g/mol. The summed E-state index contributed by atoms with van der Waals surface area (Å²) in [5, 5.41) is 2.18. The lowest BCUT2D eigenvalue weighted by atomic mass is 10.0. The Morgan fingerprint density at radius 1 is 1.11 bits per heavy atom. The van der Waals surface area contributed by atoms with Gasteiger partial charge in [0.1, 0.15) is 6.04 Å². The zero-order valence-electron chi connectivity index (χ0n) is 16.3. The SMILES string of the molecule is O=C(OCCCCc1ccccc1)[C@@H]1CCCCN1CNN1CCOCC1. The number of rotatable bonds is 9. The van der Waals surface area contributed by atoms with Crippen molar-refractivity contribution in [3.8, 4) is 0 Å². The van der Waals surface area contributed by atoms with Crippen molar-refractivity contribution >= 4 is 5.97 Å². The van der Waals surface area contributed by atoms with Crippen LogP contribution in [0.25, 0.3) is 0 Å². The van der Waals surface area contributed by atoms with E-state index < -0.39 is 0 Å². The summed E-state index contributed by atoms with van der Waals surface area (Å²) in [6.07, 6.45) is 6.14. The minimum Gasteiger partial charge on any atom is -0.465 e. The van der Waals surface area contributed by atoms with Crippen LogP contribution in [0.1, 0.15) is 37.7 Å². The molecular weight excluding hydrogens is 342 g/mol. The maximum Gasteiger partial charge on any atom is 0.323 e. The first-order valence-electron chi connectivity index (χ1n) is 10.3. The summed E-state index contributed by atoms with van der Waals surface area (Å²) in [5.41, 5.74) is 4.79. The molecule has 150 valence electrons. The molecule has 6 nitrogen and oxygen atoms in total. The summed E-state index contributed by atoms with van der Waals surface area (Å²) in [4.78, 5) is 14.8. The van der Waals surface area contributed by atoms with Gasteiger partial charge in [-0.25, -0.2) is 10.4 Å². The van der Waals surface area contributed by atoms with Crippen LogP contribution in [-0.2, 0) is 20.7 Å². The van der Waals surface area contributed by atoms with E-state index >= 15 is 0 Å². The lowest BCUT2D eigenvalue weighted by Gasteiger charge is -2.36. The number of ether oxygens (including phenoxy) is 2. The van der Waals surface area contributed by atoms with E-state index in [-0.39, 0.29) is 12.0 Å². The maximum atomic E-state index is 12.6. The van der Waals surface area contributed by atoms with Crippen molar-refractivity contribution in [3.05, 3.63) is 35.9 Å². The minimum absolute atomic E-state index is 0.0572. The Hall–Kier alpha value is -1.47. The Labute approximate surface area is 162 Å². The van der Waals surface area contributed by atoms with Gasteiger partial charge in [-0.05, 0) is 37.7 Å². The molecule has 6 heteroatoms. The van der Waals surface area contributed by atoms with Gasteiger partial charge in [0.25, 0.3) is 0 Å². The molecule has 1 aromatic rings. The zero-order valence-corrected chi connectivity index (χ0v) is 16.3. The fraction of sp³-hybridized carbons (Fsp3) is 0.667. The first kappa shape index (κ1) is 20.3. The molecule has 0 bridgehead atoms. The molecule has 27 heavy (non-hydrogen) atoms. The number of hydrogen-bond donors (Lipinski definition) is 1. The predicted octanol–water partition coefficient (Wildman–Crippen LogP) is 2.20. The van der Waals surface area contributed by atoms with Crippen molar-refractivity contribution in [3.63, 3.8) is 0 Å². The van der Waals surface area contributed by atoms with Crippen LogP contribution in [0.2, 0.25) is 0 Å². The van der Waals surface area contributed by atoms with Crippen molar-refractivity contribution in [1.29, 1.82) is 0 Å². The summed E-state index contributed by atoms with van der Waals surface area (Å²) in [6, 6.07) is 10.4. The number of carbonyl (C=O) groups is 1. The second kappa shape index (κ2) is 11.4. The molecule has 0 radical (unpaired) electrons. The topological polar surface area (TPSA) is 54.0 Å². The number of likely N-dealkylation sites (tertiary alicyclic amines) is 1. The van der Waals surface area contributed by atoms with Crippen molar-refractivity contribution in [1.82, 2.24) is 15.3 Å². The molecule has 3 rings (SSSR count). The first-order chi connectivity index (χ1) is 13.3. The van der Waals surface area contributed by atoms with Gasteiger partial charge in [0.2, 0.25) is 0 Å². The molecule has 0 saturated carbocycles. The van der Waals surface area contributed by atoms with Crippen LogP contribution in [0.4, 0.5) is 0 Å². The highest BCUT2D eigenvalue weighted by molar-refractivity contribution is 5.75. The van der Waals surface area contributed by atoms with Gasteiger partial charge in [-0.3, -0.25) is 9.69 Å². The molecule has 2 saturated heterocycles. The highest BCUT2D eigenvalue weighted by Gasteiger charge is 2.30. The van der Waals surface area contributed by atoms with Crippen LogP contribution in [0, 0.1) is 0 Å². The number of hydrazine groups is 1. The number of morpholine rings is 1. The summed E-state index contributed by atoms with van der Waals surface area (Å²) >= 11 is 0. The molecular formula is C21H33N3O3. The molecule has 2 aliphatic rings.